The topological polar surface area (TPSA) is 79.8 Å². The maximum Gasteiger partial charge on any atom is 0.416 e. The summed E-state index contributed by atoms with van der Waals surface area (Å²) in [6.45, 7) is 0. The highest BCUT2D eigenvalue weighted by Gasteiger charge is 2.30. The van der Waals surface area contributed by atoms with E-state index in [9.17, 15) is 22.8 Å². The van der Waals surface area contributed by atoms with Gasteiger partial charge in [-0.05, 0) is 35.9 Å². The molecule has 2 N–H and O–H groups in total. The molecular formula is C17H14F3N3O3. The zero-order chi connectivity index (χ0) is 19.2. The monoisotopic (exact) mass is 365 g/mol. The smallest absolute Gasteiger partial charge is 0.416 e. The molecule has 0 spiro atoms. The first-order valence-electron chi connectivity index (χ1n) is 7.25. The number of anilines is 1. The van der Waals surface area contributed by atoms with Crippen molar-refractivity contribution in [1.29, 1.82) is 0 Å². The van der Waals surface area contributed by atoms with Gasteiger partial charge in [0.2, 0.25) is 0 Å². The lowest BCUT2D eigenvalue weighted by Gasteiger charge is -2.09. The Morgan fingerprint density at radius 2 is 1.81 bits per heavy atom. The number of amides is 2. The first-order chi connectivity index (χ1) is 12.3. The molecule has 2 aromatic rings. The van der Waals surface area contributed by atoms with Gasteiger partial charge in [-0.2, -0.15) is 18.3 Å². The molecule has 0 unspecified atom stereocenters. The highest BCUT2D eigenvalue weighted by atomic mass is 19.4. The van der Waals surface area contributed by atoms with Crippen molar-refractivity contribution in [2.24, 2.45) is 5.10 Å². The largest absolute Gasteiger partial charge is 0.497 e. The average molecular weight is 365 g/mol. The standard InChI is InChI=1S/C17H14F3N3O3/c1-26-14-7-2-4-11(8-14)10-21-23-16(25)15(24)22-13-6-3-5-12(9-13)17(18,19)20/h2-10H,1H3,(H,22,24)(H,23,25). The molecule has 9 heteroatoms. The zero-order valence-corrected chi connectivity index (χ0v) is 13.5. The maximum atomic E-state index is 12.6. The van der Waals surface area contributed by atoms with Crippen LogP contribution in [0.15, 0.2) is 53.6 Å². The summed E-state index contributed by atoms with van der Waals surface area (Å²) >= 11 is 0. The molecule has 6 nitrogen and oxygen atoms in total. The van der Waals surface area contributed by atoms with Crippen molar-refractivity contribution in [3.05, 3.63) is 59.7 Å². The molecule has 0 atom stereocenters. The Morgan fingerprint density at radius 3 is 2.50 bits per heavy atom. The summed E-state index contributed by atoms with van der Waals surface area (Å²) in [7, 11) is 1.50. The number of nitrogens with zero attached hydrogens (tertiary/aromatic N) is 1. The Kier molecular flexibility index (Phi) is 5.94. The molecule has 0 aliphatic heterocycles. The van der Waals surface area contributed by atoms with E-state index in [-0.39, 0.29) is 5.69 Å². The van der Waals surface area contributed by atoms with Crippen molar-refractivity contribution < 1.29 is 27.5 Å². The molecule has 2 aromatic carbocycles. The van der Waals surface area contributed by atoms with Crippen molar-refractivity contribution in [2.75, 3.05) is 12.4 Å². The van der Waals surface area contributed by atoms with Gasteiger partial charge in [-0.25, -0.2) is 5.43 Å². The predicted octanol–water partition coefficient (Wildman–Crippen LogP) is 2.80. The van der Waals surface area contributed by atoms with Crippen LogP contribution in [0, 0.1) is 0 Å². The summed E-state index contributed by atoms with van der Waals surface area (Å²) in [5, 5.41) is 5.69. The number of benzene rings is 2. The minimum Gasteiger partial charge on any atom is -0.497 e. The molecule has 0 heterocycles. The van der Waals surface area contributed by atoms with E-state index in [2.05, 4.69) is 10.4 Å². The van der Waals surface area contributed by atoms with Gasteiger partial charge in [0.15, 0.2) is 0 Å². The fourth-order valence-corrected chi connectivity index (χ4v) is 1.90. The average Bonchev–Trinajstić information content (AvgIpc) is 2.61. The van der Waals surface area contributed by atoms with Crippen LogP contribution in [-0.2, 0) is 15.8 Å². The summed E-state index contributed by atoms with van der Waals surface area (Å²) in [4.78, 5) is 23.4. The van der Waals surface area contributed by atoms with Gasteiger partial charge in [0.05, 0.1) is 18.9 Å². The number of halogens is 3. The molecule has 2 rings (SSSR count). The number of nitrogens with one attached hydrogen (secondary N) is 2. The van der Waals surface area contributed by atoms with Gasteiger partial charge in [0.1, 0.15) is 5.75 Å². The van der Waals surface area contributed by atoms with Crippen LogP contribution in [0.1, 0.15) is 11.1 Å². The van der Waals surface area contributed by atoms with Gasteiger partial charge in [-0.15, -0.1) is 0 Å². The maximum absolute atomic E-state index is 12.6. The van der Waals surface area contributed by atoms with Crippen LogP contribution in [0.4, 0.5) is 18.9 Å². The Labute approximate surface area is 146 Å². The van der Waals surface area contributed by atoms with E-state index in [1.807, 2.05) is 5.43 Å². The quantitative estimate of drug-likeness (QED) is 0.497. The van der Waals surface area contributed by atoms with Crippen LogP contribution in [0.2, 0.25) is 0 Å². The van der Waals surface area contributed by atoms with Gasteiger partial charge < -0.3 is 10.1 Å². The molecule has 0 bridgehead atoms. The molecule has 0 radical (unpaired) electrons. The number of hydrogen-bond donors (Lipinski definition) is 2. The molecular weight excluding hydrogens is 351 g/mol. The zero-order valence-electron chi connectivity index (χ0n) is 13.5. The van der Waals surface area contributed by atoms with Crippen molar-refractivity contribution in [3.8, 4) is 5.75 Å². The van der Waals surface area contributed by atoms with Crippen LogP contribution < -0.4 is 15.5 Å². The normalized spacial score (nSPS) is 11.2. The van der Waals surface area contributed by atoms with Crippen LogP contribution in [0.25, 0.3) is 0 Å². The number of rotatable bonds is 4. The summed E-state index contributed by atoms with van der Waals surface area (Å²) in [6, 6.07) is 10.7. The molecule has 136 valence electrons. The molecule has 2 amide bonds. The van der Waals surface area contributed by atoms with Gasteiger partial charge in [0, 0.05) is 5.69 Å². The second-order valence-corrected chi connectivity index (χ2v) is 5.01. The molecule has 26 heavy (non-hydrogen) atoms. The fourth-order valence-electron chi connectivity index (χ4n) is 1.90. The number of ether oxygens (including phenoxy) is 1. The number of carbonyl (C=O) groups is 2. The van der Waals surface area contributed by atoms with E-state index < -0.39 is 23.6 Å². The van der Waals surface area contributed by atoms with Crippen LogP contribution in [-0.4, -0.2) is 25.1 Å². The molecule has 0 aromatic heterocycles. The van der Waals surface area contributed by atoms with Crippen molar-refractivity contribution in [3.63, 3.8) is 0 Å². The van der Waals surface area contributed by atoms with Crippen LogP contribution in [0.3, 0.4) is 0 Å². The third-order valence-corrected chi connectivity index (χ3v) is 3.13. The lowest BCUT2D eigenvalue weighted by molar-refractivity contribution is -0.137. The molecule has 0 saturated heterocycles. The Bertz CT molecular complexity index is 835. The Balaban J connectivity index is 1.95. The highest BCUT2D eigenvalue weighted by Crippen LogP contribution is 2.30. The minimum absolute atomic E-state index is 0.156. The summed E-state index contributed by atoms with van der Waals surface area (Å²) in [6.07, 6.45) is -3.26. The summed E-state index contributed by atoms with van der Waals surface area (Å²) in [5.41, 5.74) is 1.51. The van der Waals surface area contributed by atoms with E-state index in [4.69, 9.17) is 4.74 Å². The molecule has 0 fully saturated rings. The van der Waals surface area contributed by atoms with Crippen LogP contribution >= 0.6 is 0 Å². The first kappa shape index (κ1) is 19.0. The third-order valence-electron chi connectivity index (χ3n) is 3.13. The predicted molar refractivity (Wildman–Crippen MR) is 88.8 cm³/mol. The van der Waals surface area contributed by atoms with Crippen molar-refractivity contribution in [1.82, 2.24) is 5.43 Å². The summed E-state index contributed by atoms with van der Waals surface area (Å²) in [5.74, 6) is -1.68. The van der Waals surface area contributed by atoms with Gasteiger partial charge in [-0.3, -0.25) is 9.59 Å². The van der Waals surface area contributed by atoms with Crippen molar-refractivity contribution >= 4 is 23.7 Å². The SMILES string of the molecule is COc1cccc(C=NNC(=O)C(=O)Nc2cccc(C(F)(F)F)c2)c1. The first-order valence-corrected chi connectivity index (χ1v) is 7.25. The summed E-state index contributed by atoms with van der Waals surface area (Å²) < 4.78 is 42.9. The van der Waals surface area contributed by atoms with E-state index in [1.165, 1.54) is 19.4 Å². The van der Waals surface area contributed by atoms with Gasteiger partial charge >= 0.3 is 18.0 Å². The number of methoxy groups -OCH3 is 1. The Morgan fingerprint density at radius 1 is 1.08 bits per heavy atom. The number of hydrazone groups is 1. The molecule has 0 aliphatic carbocycles. The lowest BCUT2D eigenvalue weighted by Crippen LogP contribution is -2.32. The second-order valence-electron chi connectivity index (χ2n) is 5.01. The minimum atomic E-state index is -4.55. The van der Waals surface area contributed by atoms with Crippen molar-refractivity contribution in [2.45, 2.75) is 6.18 Å². The van der Waals surface area contributed by atoms with E-state index in [0.29, 0.717) is 11.3 Å². The molecule has 0 aliphatic rings. The fraction of sp³-hybridized carbons (Fsp3) is 0.118. The van der Waals surface area contributed by atoms with E-state index in [0.717, 1.165) is 18.2 Å². The van der Waals surface area contributed by atoms with Gasteiger partial charge in [-0.1, -0.05) is 18.2 Å². The second kappa shape index (κ2) is 8.15. The highest BCUT2D eigenvalue weighted by molar-refractivity contribution is 6.39. The van der Waals surface area contributed by atoms with E-state index in [1.54, 1.807) is 24.3 Å². The Hall–Kier alpha value is -3.36. The number of hydrogen-bond acceptors (Lipinski definition) is 4. The van der Waals surface area contributed by atoms with Crippen LogP contribution in [0.5, 0.6) is 5.75 Å². The van der Waals surface area contributed by atoms with Gasteiger partial charge in [0.25, 0.3) is 0 Å². The lowest BCUT2D eigenvalue weighted by atomic mass is 10.2. The molecule has 0 saturated carbocycles. The number of alkyl halides is 3. The van der Waals surface area contributed by atoms with E-state index >= 15 is 0 Å². The number of carbonyl (C=O) groups excluding carboxylic acids is 2. The third kappa shape index (κ3) is 5.33.